The van der Waals surface area contributed by atoms with Crippen molar-refractivity contribution in [3.63, 3.8) is 0 Å². The van der Waals surface area contributed by atoms with Crippen molar-refractivity contribution in [2.75, 3.05) is 26.7 Å². The Kier molecular flexibility index (Phi) is 9.31. The second kappa shape index (κ2) is 14.6. The van der Waals surface area contributed by atoms with Crippen molar-refractivity contribution in [2.24, 2.45) is 0 Å². The summed E-state index contributed by atoms with van der Waals surface area (Å²) in [7, 11) is -0.614. The summed E-state index contributed by atoms with van der Waals surface area (Å²) in [6.07, 6.45) is 0. The molecule has 9 rings (SSSR count). The van der Waals surface area contributed by atoms with E-state index in [9.17, 15) is 0 Å². The van der Waals surface area contributed by atoms with E-state index in [1.807, 2.05) is 24.3 Å². The van der Waals surface area contributed by atoms with Gasteiger partial charge in [0.1, 0.15) is 0 Å². The van der Waals surface area contributed by atoms with Crippen LogP contribution in [-0.2, 0) is 5.41 Å². The largest absolute Gasteiger partial charge is 0.208 e. The van der Waals surface area contributed by atoms with Crippen molar-refractivity contribution in [1.82, 2.24) is 15.0 Å². The molecule has 0 atom stereocenters. The first-order chi connectivity index (χ1) is 26.9. The van der Waals surface area contributed by atoms with Crippen LogP contribution in [0.15, 0.2) is 176 Å². The van der Waals surface area contributed by atoms with E-state index in [0.29, 0.717) is 17.5 Å². The molecule has 3 nitrogen and oxygen atoms in total. The molecule has 0 saturated heterocycles. The summed E-state index contributed by atoms with van der Waals surface area (Å²) in [5.41, 5.74) is 12.4. The van der Waals surface area contributed by atoms with Gasteiger partial charge in [-0.25, -0.2) is 15.0 Å². The van der Waals surface area contributed by atoms with Crippen molar-refractivity contribution in [3.05, 3.63) is 198 Å². The van der Waals surface area contributed by atoms with Crippen molar-refractivity contribution < 1.29 is 0 Å². The number of hydrogen-bond acceptors (Lipinski definition) is 3. The van der Waals surface area contributed by atoms with Gasteiger partial charge in [-0.3, -0.25) is 0 Å². The Morgan fingerprint density at radius 3 is 1.27 bits per heavy atom. The predicted octanol–water partition coefficient (Wildman–Crippen LogP) is 11.6. The molecule has 0 amide bonds. The van der Waals surface area contributed by atoms with Gasteiger partial charge in [0, 0.05) is 16.7 Å². The zero-order chi connectivity index (χ0) is 37.5. The normalized spacial score (nSPS) is 12.8. The highest BCUT2D eigenvalue weighted by molar-refractivity contribution is 7.64. The molecule has 0 radical (unpaired) electrons. The van der Waals surface area contributed by atoms with Gasteiger partial charge < -0.3 is 0 Å². The molecule has 0 N–H and O–H groups in total. The van der Waals surface area contributed by atoms with Gasteiger partial charge in [-0.1, -0.05) is 174 Å². The molecule has 0 unspecified atom stereocenters. The first-order valence-electron chi connectivity index (χ1n) is 18.7. The van der Waals surface area contributed by atoms with Crippen LogP contribution in [0.1, 0.15) is 22.3 Å². The average Bonchev–Trinajstić information content (AvgIpc) is 3.54. The number of benzene rings is 7. The Morgan fingerprint density at radius 1 is 0.345 bits per heavy atom. The monoisotopic (exact) mass is 745 g/mol. The lowest BCUT2D eigenvalue weighted by Crippen LogP contribution is -2.30. The van der Waals surface area contributed by atoms with E-state index in [0.717, 1.165) is 22.3 Å². The Balaban J connectivity index is 1.27. The predicted molar refractivity (Wildman–Crippen MR) is 236 cm³/mol. The first kappa shape index (κ1) is 35.1. The van der Waals surface area contributed by atoms with Crippen LogP contribution in [0.25, 0.3) is 56.4 Å². The first-order valence-corrected chi connectivity index (χ1v) is 23.2. The van der Waals surface area contributed by atoms with Gasteiger partial charge in [0.2, 0.25) is 0 Å². The van der Waals surface area contributed by atoms with Crippen molar-refractivity contribution >= 4 is 26.5 Å². The summed E-state index contributed by atoms with van der Waals surface area (Å²) in [5, 5.41) is 2.80. The summed E-state index contributed by atoms with van der Waals surface area (Å²) in [6.45, 7) is 9.39. The van der Waals surface area contributed by atoms with Crippen molar-refractivity contribution in [1.29, 1.82) is 0 Å². The van der Waals surface area contributed by atoms with Gasteiger partial charge in [-0.15, -0.1) is 0 Å². The molecule has 1 heterocycles. The maximum absolute atomic E-state index is 5.21. The van der Waals surface area contributed by atoms with E-state index < -0.39 is 5.41 Å². The Morgan fingerprint density at radius 2 is 0.745 bits per heavy atom. The van der Waals surface area contributed by atoms with E-state index in [2.05, 4.69) is 178 Å². The third-order valence-corrected chi connectivity index (χ3v) is 13.4. The van der Waals surface area contributed by atoms with Crippen LogP contribution in [0.2, 0.25) is 0 Å². The Labute approximate surface area is 326 Å². The number of hydrogen-bond donors (Lipinski definition) is 0. The fraction of sp³-hybridized carbons (Fsp3) is 0.100. The van der Waals surface area contributed by atoms with Crippen LogP contribution in [0.4, 0.5) is 0 Å². The van der Waals surface area contributed by atoms with E-state index in [-0.39, 0.29) is 15.8 Å². The summed E-state index contributed by atoms with van der Waals surface area (Å²) in [4.78, 5) is 15.4. The molecule has 5 heteroatoms. The zero-order valence-electron chi connectivity index (χ0n) is 31.5. The quantitative estimate of drug-likeness (QED) is 0.145. The maximum Gasteiger partial charge on any atom is 0.164 e. The minimum absolute atomic E-state index is 0.307. The lowest BCUT2D eigenvalue weighted by atomic mass is 9.67. The fourth-order valence-corrected chi connectivity index (χ4v) is 9.54. The van der Waals surface area contributed by atoms with Crippen LogP contribution in [0.5, 0.6) is 0 Å². The molecule has 8 aromatic rings. The van der Waals surface area contributed by atoms with Crippen LogP contribution in [-0.4, -0.2) is 41.6 Å². The number of rotatable bonds is 8. The van der Waals surface area contributed by atoms with Gasteiger partial charge in [0.05, 0.1) is 5.41 Å². The van der Waals surface area contributed by atoms with E-state index >= 15 is 0 Å². The number of aromatic nitrogens is 3. The number of nitrogens with zero attached hydrogens (tertiary/aromatic N) is 3. The summed E-state index contributed by atoms with van der Waals surface area (Å²) in [5.74, 6) is 1.95. The van der Waals surface area contributed by atoms with Crippen molar-refractivity contribution in [3.8, 4) is 56.4 Å². The van der Waals surface area contributed by atoms with Crippen LogP contribution < -0.4 is 10.6 Å². The molecule has 0 spiro atoms. The Bertz CT molecular complexity index is 2580. The minimum Gasteiger partial charge on any atom is -0.208 e. The third-order valence-electron chi connectivity index (χ3n) is 10.8. The maximum atomic E-state index is 5.21. The van der Waals surface area contributed by atoms with E-state index in [1.165, 1.54) is 49.6 Å². The fourth-order valence-electron chi connectivity index (χ4n) is 8.02. The SMILES string of the molecule is CP(C)c1ccc2c(c1)C(c1ccccc1)(c1cccc(-c3nc(-c4ccccc4)nc(-c4ccc(-c5ccccc5)cc4)n3)c1)c1cc(P(C)C)ccc1-2. The van der Waals surface area contributed by atoms with Gasteiger partial charge in [0.25, 0.3) is 0 Å². The smallest absolute Gasteiger partial charge is 0.164 e. The van der Waals surface area contributed by atoms with Crippen LogP contribution in [0, 0.1) is 0 Å². The van der Waals surface area contributed by atoms with Crippen LogP contribution >= 0.6 is 15.8 Å². The summed E-state index contributed by atoms with van der Waals surface area (Å²) >= 11 is 0. The molecule has 1 aromatic heterocycles. The van der Waals surface area contributed by atoms with Gasteiger partial charge in [-0.05, 0) is 100.0 Å². The molecule has 1 aliphatic rings. The lowest BCUT2D eigenvalue weighted by molar-refractivity contribution is 0.770. The highest BCUT2D eigenvalue weighted by Gasteiger charge is 2.46. The van der Waals surface area contributed by atoms with E-state index in [1.54, 1.807) is 0 Å². The zero-order valence-corrected chi connectivity index (χ0v) is 33.3. The molecule has 0 bridgehead atoms. The molecule has 7 aromatic carbocycles. The lowest BCUT2D eigenvalue weighted by Gasteiger charge is -2.35. The highest BCUT2D eigenvalue weighted by atomic mass is 31.1. The topological polar surface area (TPSA) is 38.7 Å². The molecular weight excluding hydrogens is 705 g/mol. The molecule has 266 valence electrons. The second-order valence-corrected chi connectivity index (χ2v) is 19.2. The number of fused-ring (bicyclic) bond motifs is 3. The minimum atomic E-state index is -0.532. The van der Waals surface area contributed by atoms with Gasteiger partial charge >= 0.3 is 0 Å². The standard InChI is InChI=1S/C50H41N3P2/c1-54(2)41-27-29-43-44-30-28-42(55(3)4)33-46(44)50(45(43)32-41,39-20-12-7-13-21-39)40-22-14-19-38(31-40)49-52-47(36-17-10-6-11-18-36)51-48(53-49)37-25-23-35(24-26-37)34-15-8-5-9-16-34/h5-33H,1-4H3. The van der Waals surface area contributed by atoms with Crippen LogP contribution in [0.3, 0.4) is 0 Å². The van der Waals surface area contributed by atoms with E-state index in [4.69, 9.17) is 15.0 Å². The van der Waals surface area contributed by atoms with Crippen molar-refractivity contribution in [2.45, 2.75) is 5.41 Å². The second-order valence-electron chi connectivity index (χ2n) is 14.6. The molecule has 0 aliphatic heterocycles. The Hall–Kier alpha value is -5.59. The third kappa shape index (κ3) is 6.32. The summed E-state index contributed by atoms with van der Waals surface area (Å²) in [6, 6.07) is 63.7. The molecular formula is C50H41N3P2. The van der Waals surface area contributed by atoms with Gasteiger partial charge in [0.15, 0.2) is 17.5 Å². The average molecular weight is 746 g/mol. The molecule has 1 aliphatic carbocycles. The molecule has 0 saturated carbocycles. The van der Waals surface area contributed by atoms with Gasteiger partial charge in [-0.2, -0.15) is 0 Å². The summed E-state index contributed by atoms with van der Waals surface area (Å²) < 4.78 is 0. The highest BCUT2D eigenvalue weighted by Crippen LogP contribution is 2.56. The molecule has 55 heavy (non-hydrogen) atoms. The molecule has 0 fully saturated rings.